The number of aryl methyl sites for hydroxylation is 1. The highest BCUT2D eigenvalue weighted by Gasteiger charge is 2.20. The summed E-state index contributed by atoms with van der Waals surface area (Å²) in [6, 6.07) is 16.6. The van der Waals surface area contributed by atoms with Gasteiger partial charge in [-0.1, -0.05) is 80.4 Å². The van der Waals surface area contributed by atoms with Gasteiger partial charge in [0.15, 0.2) is 0 Å². The van der Waals surface area contributed by atoms with Gasteiger partial charge in [0.25, 0.3) is 0 Å². The van der Waals surface area contributed by atoms with E-state index in [4.69, 9.17) is 7.85 Å². The van der Waals surface area contributed by atoms with Crippen molar-refractivity contribution in [1.29, 1.82) is 0 Å². The Morgan fingerprint density at radius 1 is 0.692 bits per heavy atom. The van der Waals surface area contributed by atoms with Crippen molar-refractivity contribution in [2.24, 2.45) is 0 Å². The van der Waals surface area contributed by atoms with Crippen LogP contribution in [0, 0.1) is 6.92 Å². The summed E-state index contributed by atoms with van der Waals surface area (Å²) in [6.07, 6.45) is 11.8. The average molecular weight is 342 g/mol. The molecule has 0 aromatic heterocycles. The van der Waals surface area contributed by atoms with Crippen molar-refractivity contribution in [2.45, 2.75) is 82.4 Å². The van der Waals surface area contributed by atoms with Crippen LogP contribution in [0.5, 0.6) is 0 Å². The van der Waals surface area contributed by atoms with Gasteiger partial charge in [-0.05, 0) is 72.3 Å². The second-order valence-electron chi connectivity index (χ2n) is 8.64. The highest BCUT2D eigenvalue weighted by Crippen LogP contribution is 2.39. The molecule has 0 bridgehead atoms. The molecule has 2 fully saturated rings. The van der Waals surface area contributed by atoms with E-state index in [0.29, 0.717) is 11.7 Å². The molecule has 2 aliphatic rings. The minimum atomic E-state index is 0.425. The van der Waals surface area contributed by atoms with Gasteiger partial charge in [0.05, 0.1) is 7.85 Å². The molecule has 2 radical (unpaired) electrons. The second-order valence-corrected chi connectivity index (χ2v) is 8.64. The summed E-state index contributed by atoms with van der Waals surface area (Å²) in [5, 5.41) is 0. The zero-order valence-electron chi connectivity index (χ0n) is 16.2. The third-order valence-electron chi connectivity index (χ3n) is 6.79. The highest BCUT2D eigenvalue weighted by atomic mass is 14.2. The molecule has 0 aliphatic heterocycles. The van der Waals surface area contributed by atoms with Gasteiger partial charge in [-0.2, -0.15) is 0 Å². The van der Waals surface area contributed by atoms with E-state index < -0.39 is 0 Å². The van der Waals surface area contributed by atoms with E-state index in [9.17, 15) is 0 Å². The number of hydrogen-bond donors (Lipinski definition) is 0. The topological polar surface area (TPSA) is 0 Å². The van der Waals surface area contributed by atoms with E-state index >= 15 is 0 Å². The first-order valence-corrected chi connectivity index (χ1v) is 10.7. The van der Waals surface area contributed by atoms with E-state index in [0.717, 1.165) is 5.92 Å². The van der Waals surface area contributed by atoms with Crippen molar-refractivity contribution in [2.75, 3.05) is 0 Å². The first kappa shape index (κ1) is 17.9. The summed E-state index contributed by atoms with van der Waals surface area (Å²) in [6.45, 7) is 2.27. The Hall–Kier alpha value is -1.50. The molecular weight excluding hydrogens is 311 g/mol. The Bertz CT molecular complexity index is 716. The minimum absolute atomic E-state index is 0.425. The summed E-state index contributed by atoms with van der Waals surface area (Å²) < 4.78 is 0. The van der Waals surface area contributed by atoms with Gasteiger partial charge in [0.1, 0.15) is 0 Å². The fraction of sp³-hybridized carbons (Fsp3) is 0.520. The predicted molar refractivity (Wildman–Crippen MR) is 113 cm³/mol. The number of hydrogen-bond acceptors (Lipinski definition) is 0. The normalized spacial score (nSPS) is 24.5. The van der Waals surface area contributed by atoms with E-state index in [1.807, 2.05) is 0 Å². The molecule has 1 heteroatoms. The third kappa shape index (κ3) is 3.92. The maximum atomic E-state index is 6.07. The first-order valence-electron chi connectivity index (χ1n) is 10.7. The summed E-state index contributed by atoms with van der Waals surface area (Å²) in [5.74, 6) is 1.92. The SMILES string of the molecule is [B]C1CCC(c2ccc(-c3ccc(C4CCCCC4)cc3)c(C)c2)CC1. The standard InChI is InChI=1S/C25H31B/c1-18-17-23(21-11-14-24(26)15-12-21)13-16-25(18)22-9-7-20(8-10-22)19-5-3-2-4-6-19/h7-10,13,16-17,19,21,24H,2-6,11-12,14-15H2,1H3. The van der Waals surface area contributed by atoms with Gasteiger partial charge < -0.3 is 0 Å². The molecule has 0 N–H and O–H groups in total. The summed E-state index contributed by atoms with van der Waals surface area (Å²) in [4.78, 5) is 0. The van der Waals surface area contributed by atoms with Crippen LogP contribution in [0.1, 0.15) is 86.3 Å². The van der Waals surface area contributed by atoms with Gasteiger partial charge in [0.2, 0.25) is 0 Å². The zero-order valence-corrected chi connectivity index (χ0v) is 16.2. The van der Waals surface area contributed by atoms with E-state index in [1.54, 1.807) is 5.56 Å². The number of rotatable bonds is 3. The molecule has 2 aromatic rings. The second kappa shape index (κ2) is 8.03. The van der Waals surface area contributed by atoms with E-state index in [2.05, 4.69) is 49.4 Å². The quantitative estimate of drug-likeness (QED) is 0.512. The fourth-order valence-corrected chi connectivity index (χ4v) is 5.09. The smallest absolute Gasteiger partial charge is 0.0699 e. The summed E-state index contributed by atoms with van der Waals surface area (Å²) >= 11 is 0. The lowest BCUT2D eigenvalue weighted by Gasteiger charge is -2.27. The lowest BCUT2D eigenvalue weighted by molar-refractivity contribution is 0.443. The Morgan fingerprint density at radius 2 is 1.31 bits per heavy atom. The van der Waals surface area contributed by atoms with Gasteiger partial charge >= 0.3 is 0 Å². The van der Waals surface area contributed by atoms with Crippen molar-refractivity contribution in [3.05, 3.63) is 59.2 Å². The van der Waals surface area contributed by atoms with Gasteiger partial charge in [0, 0.05) is 0 Å². The van der Waals surface area contributed by atoms with Gasteiger partial charge in [-0.15, -0.1) is 0 Å². The first-order chi connectivity index (χ1) is 12.7. The Balaban J connectivity index is 1.50. The molecule has 0 atom stereocenters. The lowest BCUT2D eigenvalue weighted by atomic mass is 9.70. The van der Waals surface area contributed by atoms with Crippen molar-refractivity contribution in [1.82, 2.24) is 0 Å². The molecule has 0 nitrogen and oxygen atoms in total. The Morgan fingerprint density at radius 3 is 1.96 bits per heavy atom. The Kier molecular flexibility index (Phi) is 5.53. The molecule has 0 unspecified atom stereocenters. The molecule has 2 aliphatic carbocycles. The van der Waals surface area contributed by atoms with Gasteiger partial charge in [-0.3, -0.25) is 0 Å². The van der Waals surface area contributed by atoms with Crippen molar-refractivity contribution in [3.8, 4) is 11.1 Å². The summed E-state index contributed by atoms with van der Waals surface area (Å²) in [7, 11) is 6.07. The van der Waals surface area contributed by atoms with E-state index in [-0.39, 0.29) is 0 Å². The van der Waals surface area contributed by atoms with Crippen LogP contribution in [0.25, 0.3) is 11.1 Å². The lowest BCUT2D eigenvalue weighted by Crippen LogP contribution is -2.09. The van der Waals surface area contributed by atoms with Crippen LogP contribution < -0.4 is 0 Å². The predicted octanol–water partition coefficient (Wildman–Crippen LogP) is 7.32. The average Bonchev–Trinajstić information content (AvgIpc) is 2.69. The molecule has 2 saturated carbocycles. The van der Waals surface area contributed by atoms with Crippen LogP contribution in [-0.2, 0) is 0 Å². The zero-order chi connectivity index (χ0) is 17.9. The molecule has 4 rings (SSSR count). The highest BCUT2D eigenvalue weighted by molar-refractivity contribution is 6.11. The van der Waals surface area contributed by atoms with Crippen LogP contribution in [0.4, 0.5) is 0 Å². The summed E-state index contributed by atoms with van der Waals surface area (Å²) in [5.41, 5.74) is 7.21. The van der Waals surface area contributed by atoms with Crippen molar-refractivity contribution < 1.29 is 0 Å². The molecule has 0 amide bonds. The third-order valence-corrected chi connectivity index (χ3v) is 6.79. The number of benzene rings is 2. The molecule has 0 spiro atoms. The van der Waals surface area contributed by atoms with Crippen LogP contribution >= 0.6 is 0 Å². The van der Waals surface area contributed by atoms with Gasteiger partial charge in [-0.25, -0.2) is 0 Å². The van der Waals surface area contributed by atoms with Crippen LogP contribution in [0.2, 0.25) is 5.82 Å². The molecule has 2 aromatic carbocycles. The van der Waals surface area contributed by atoms with Crippen molar-refractivity contribution >= 4 is 7.85 Å². The van der Waals surface area contributed by atoms with E-state index in [1.165, 1.54) is 80.0 Å². The minimum Gasteiger partial charge on any atom is -0.0773 e. The monoisotopic (exact) mass is 342 g/mol. The van der Waals surface area contributed by atoms with Crippen LogP contribution in [0.3, 0.4) is 0 Å². The van der Waals surface area contributed by atoms with Crippen molar-refractivity contribution in [3.63, 3.8) is 0 Å². The molecular formula is C25H31B. The molecule has 0 saturated heterocycles. The molecule has 0 heterocycles. The maximum Gasteiger partial charge on any atom is 0.0699 e. The fourth-order valence-electron chi connectivity index (χ4n) is 5.09. The molecule has 134 valence electrons. The maximum absolute atomic E-state index is 6.07. The molecule has 26 heavy (non-hydrogen) atoms. The van der Waals surface area contributed by atoms with Crippen LogP contribution in [0.15, 0.2) is 42.5 Å². The Labute approximate surface area is 160 Å². The van der Waals surface area contributed by atoms with Crippen LogP contribution in [-0.4, -0.2) is 7.85 Å². The largest absolute Gasteiger partial charge is 0.0773 e.